The molecule has 0 bridgehead atoms. The van der Waals surface area contributed by atoms with Gasteiger partial charge in [0.15, 0.2) is 11.0 Å². The van der Waals surface area contributed by atoms with Crippen molar-refractivity contribution in [2.24, 2.45) is 5.73 Å². The van der Waals surface area contributed by atoms with Gasteiger partial charge in [-0.15, -0.1) is 10.2 Å². The van der Waals surface area contributed by atoms with Gasteiger partial charge in [0.25, 0.3) is 5.91 Å². The fourth-order valence-corrected chi connectivity index (χ4v) is 2.03. The van der Waals surface area contributed by atoms with Crippen LogP contribution in [0.1, 0.15) is 15.9 Å². The number of primary amides is 1. The maximum absolute atomic E-state index is 12.5. The normalized spacial score (nSPS) is 10.5. The number of hydrogen-bond acceptors (Lipinski definition) is 6. The maximum Gasteiger partial charge on any atom is 0.387 e. The van der Waals surface area contributed by atoms with E-state index in [2.05, 4.69) is 20.3 Å². The number of alkyl halides is 2. The number of nitrogens with one attached hydrogen (secondary N) is 1. The largest absolute Gasteiger partial charge is 0.497 e. The number of aromatic nitrogens is 2. The maximum atomic E-state index is 12.5. The molecule has 0 aliphatic heterocycles. The van der Waals surface area contributed by atoms with Crippen LogP contribution in [0.4, 0.5) is 14.6 Å². The molecule has 0 aliphatic rings. The van der Waals surface area contributed by atoms with E-state index < -0.39 is 12.5 Å². The number of ether oxygens (including phenoxy) is 2. The van der Waals surface area contributed by atoms with Gasteiger partial charge in [-0.3, -0.25) is 4.79 Å². The van der Waals surface area contributed by atoms with E-state index in [0.29, 0.717) is 11.3 Å². The first-order chi connectivity index (χ1) is 11.4. The third kappa shape index (κ3) is 4.42. The van der Waals surface area contributed by atoms with Crippen LogP contribution < -0.4 is 20.5 Å². The van der Waals surface area contributed by atoms with Crippen LogP contribution >= 0.6 is 11.6 Å². The Morgan fingerprint density at radius 3 is 2.75 bits per heavy atom. The number of methoxy groups -OCH3 is 1. The highest BCUT2D eigenvalue weighted by atomic mass is 35.5. The Morgan fingerprint density at radius 1 is 1.38 bits per heavy atom. The molecule has 10 heteroatoms. The van der Waals surface area contributed by atoms with Crippen molar-refractivity contribution >= 4 is 23.3 Å². The van der Waals surface area contributed by atoms with Gasteiger partial charge in [0.1, 0.15) is 11.5 Å². The van der Waals surface area contributed by atoms with Crippen molar-refractivity contribution < 1.29 is 23.0 Å². The van der Waals surface area contributed by atoms with E-state index in [1.165, 1.54) is 25.3 Å². The second-order valence-electron chi connectivity index (χ2n) is 4.50. The Bertz CT molecular complexity index is 746. The summed E-state index contributed by atoms with van der Waals surface area (Å²) in [5.74, 6) is -0.392. The summed E-state index contributed by atoms with van der Waals surface area (Å²) in [5.41, 5.74) is 5.66. The molecule has 1 aromatic carbocycles. The summed E-state index contributed by atoms with van der Waals surface area (Å²) in [6.07, 6.45) is 0. The fourth-order valence-electron chi connectivity index (χ4n) is 1.88. The highest BCUT2D eigenvalue weighted by Gasteiger charge is 2.14. The number of carbonyl (C=O) groups excluding carboxylic acids is 1. The summed E-state index contributed by atoms with van der Waals surface area (Å²) >= 11 is 5.67. The third-order valence-electron chi connectivity index (χ3n) is 2.97. The number of nitrogens with zero attached hydrogens (tertiary/aromatic N) is 2. The minimum Gasteiger partial charge on any atom is -0.497 e. The molecule has 0 saturated heterocycles. The molecule has 0 atom stereocenters. The standard InChI is InChI=1S/C14H13ClF2N4O3/c1-23-8-3-2-7(10(4-8)24-14(16)17)6-19-13-9(12(18)22)5-11(15)20-21-13/h2-5,14H,6H2,1H3,(H2,18,22)(H,19,21). The minimum absolute atomic E-state index is 0.000482. The van der Waals surface area contributed by atoms with E-state index >= 15 is 0 Å². The molecule has 0 spiro atoms. The second kappa shape index (κ2) is 7.73. The smallest absolute Gasteiger partial charge is 0.387 e. The van der Waals surface area contributed by atoms with Crippen LogP contribution in [-0.4, -0.2) is 29.8 Å². The zero-order valence-electron chi connectivity index (χ0n) is 12.4. The highest BCUT2D eigenvalue weighted by molar-refractivity contribution is 6.29. The molecule has 1 aromatic heterocycles. The van der Waals surface area contributed by atoms with Crippen molar-refractivity contribution in [3.63, 3.8) is 0 Å². The molecule has 0 fully saturated rings. The van der Waals surface area contributed by atoms with Crippen LogP contribution in [-0.2, 0) is 6.54 Å². The van der Waals surface area contributed by atoms with E-state index in [-0.39, 0.29) is 28.8 Å². The molecule has 128 valence electrons. The van der Waals surface area contributed by atoms with Gasteiger partial charge < -0.3 is 20.5 Å². The highest BCUT2D eigenvalue weighted by Crippen LogP contribution is 2.27. The summed E-state index contributed by atoms with van der Waals surface area (Å²) in [5, 5.41) is 10.1. The number of nitrogens with two attached hydrogens (primary N) is 1. The van der Waals surface area contributed by atoms with E-state index in [1.54, 1.807) is 6.07 Å². The van der Waals surface area contributed by atoms with Crippen LogP contribution in [0.5, 0.6) is 11.5 Å². The monoisotopic (exact) mass is 358 g/mol. The number of hydrogen-bond donors (Lipinski definition) is 2. The summed E-state index contributed by atoms with van der Waals surface area (Å²) in [6.45, 7) is -2.96. The average Bonchev–Trinajstić information content (AvgIpc) is 2.53. The lowest BCUT2D eigenvalue weighted by Gasteiger charge is -2.14. The lowest BCUT2D eigenvalue weighted by molar-refractivity contribution is -0.0504. The molecule has 7 nitrogen and oxygen atoms in total. The Balaban J connectivity index is 2.24. The van der Waals surface area contributed by atoms with Crippen molar-refractivity contribution in [2.45, 2.75) is 13.2 Å². The van der Waals surface area contributed by atoms with Crippen molar-refractivity contribution in [3.05, 3.63) is 40.5 Å². The van der Waals surface area contributed by atoms with E-state index in [1.807, 2.05) is 0 Å². The predicted octanol–water partition coefficient (Wildman–Crippen LogP) is 2.45. The quantitative estimate of drug-likeness (QED) is 0.788. The van der Waals surface area contributed by atoms with Crippen LogP contribution in [0.15, 0.2) is 24.3 Å². The molecule has 1 amide bonds. The van der Waals surface area contributed by atoms with Gasteiger partial charge in [0.05, 0.1) is 12.7 Å². The Morgan fingerprint density at radius 2 is 2.12 bits per heavy atom. The van der Waals surface area contributed by atoms with Crippen LogP contribution in [0.3, 0.4) is 0 Å². The van der Waals surface area contributed by atoms with Crippen LogP contribution in [0, 0.1) is 0 Å². The van der Waals surface area contributed by atoms with Gasteiger partial charge in [-0.25, -0.2) is 0 Å². The number of benzene rings is 1. The average molecular weight is 359 g/mol. The van der Waals surface area contributed by atoms with Gasteiger partial charge in [0.2, 0.25) is 0 Å². The first-order valence-electron chi connectivity index (χ1n) is 6.59. The molecular weight excluding hydrogens is 346 g/mol. The zero-order chi connectivity index (χ0) is 17.7. The Hall–Kier alpha value is -2.68. The van der Waals surface area contributed by atoms with Crippen molar-refractivity contribution in [3.8, 4) is 11.5 Å². The Kier molecular flexibility index (Phi) is 5.69. The first-order valence-corrected chi connectivity index (χ1v) is 6.97. The molecule has 3 N–H and O–H groups in total. The van der Waals surface area contributed by atoms with Crippen LogP contribution in [0.25, 0.3) is 0 Å². The minimum atomic E-state index is -2.99. The second-order valence-corrected chi connectivity index (χ2v) is 4.89. The van der Waals surface area contributed by atoms with Crippen LogP contribution in [0.2, 0.25) is 5.15 Å². The molecule has 0 aliphatic carbocycles. The summed E-state index contributed by atoms with van der Waals surface area (Å²) in [4.78, 5) is 11.4. The van der Waals surface area contributed by atoms with Crippen molar-refractivity contribution in [1.82, 2.24) is 10.2 Å². The van der Waals surface area contributed by atoms with Gasteiger partial charge in [-0.2, -0.15) is 8.78 Å². The lowest BCUT2D eigenvalue weighted by atomic mass is 10.2. The van der Waals surface area contributed by atoms with Gasteiger partial charge in [0, 0.05) is 18.2 Å². The molecule has 0 unspecified atom stereocenters. The zero-order valence-corrected chi connectivity index (χ0v) is 13.2. The topological polar surface area (TPSA) is 99.4 Å². The van der Waals surface area contributed by atoms with E-state index in [4.69, 9.17) is 22.1 Å². The van der Waals surface area contributed by atoms with E-state index in [0.717, 1.165) is 0 Å². The van der Waals surface area contributed by atoms with Crippen molar-refractivity contribution in [2.75, 3.05) is 12.4 Å². The third-order valence-corrected chi connectivity index (χ3v) is 3.15. The Labute approximate surface area is 140 Å². The van der Waals surface area contributed by atoms with Gasteiger partial charge >= 0.3 is 6.61 Å². The van der Waals surface area contributed by atoms with Crippen molar-refractivity contribution in [1.29, 1.82) is 0 Å². The van der Waals surface area contributed by atoms with E-state index in [9.17, 15) is 13.6 Å². The SMILES string of the molecule is COc1ccc(CNc2nnc(Cl)cc2C(N)=O)c(OC(F)F)c1. The summed E-state index contributed by atoms with van der Waals surface area (Å²) in [7, 11) is 1.40. The van der Waals surface area contributed by atoms with Gasteiger partial charge in [-0.05, 0) is 18.2 Å². The molecule has 2 rings (SSSR count). The first kappa shape index (κ1) is 17.7. The van der Waals surface area contributed by atoms with Gasteiger partial charge in [-0.1, -0.05) is 11.6 Å². The predicted molar refractivity (Wildman–Crippen MR) is 82.5 cm³/mol. The fraction of sp³-hybridized carbons (Fsp3) is 0.214. The number of anilines is 1. The molecule has 0 radical (unpaired) electrons. The number of carbonyl (C=O) groups is 1. The molecular formula is C14H13ClF2N4O3. The molecule has 0 saturated carbocycles. The molecule has 24 heavy (non-hydrogen) atoms. The summed E-state index contributed by atoms with van der Waals surface area (Å²) < 4.78 is 34.5. The molecule has 2 aromatic rings. The number of halogens is 3. The summed E-state index contributed by atoms with van der Waals surface area (Å²) in [6, 6.07) is 5.70. The number of amides is 1. The lowest BCUT2D eigenvalue weighted by Crippen LogP contribution is -2.16. The number of rotatable bonds is 7. The molecule has 1 heterocycles.